The van der Waals surface area contributed by atoms with E-state index < -0.39 is 34.9 Å². The number of rotatable bonds is 11. The van der Waals surface area contributed by atoms with Crippen molar-refractivity contribution in [2.24, 2.45) is 0 Å². The molecule has 0 saturated heterocycles. The Labute approximate surface area is 176 Å². The van der Waals surface area contributed by atoms with Crippen molar-refractivity contribution in [3.8, 4) is 5.75 Å². The summed E-state index contributed by atoms with van der Waals surface area (Å²) >= 11 is 0. The highest BCUT2D eigenvalue weighted by molar-refractivity contribution is 7.89. The van der Waals surface area contributed by atoms with Crippen LogP contribution in [-0.2, 0) is 22.9 Å². The zero-order chi connectivity index (χ0) is 23.2. The summed E-state index contributed by atoms with van der Waals surface area (Å²) < 4.78 is 81.9. The first-order valence-electron chi connectivity index (χ1n) is 9.20. The summed E-state index contributed by atoms with van der Waals surface area (Å²) in [7, 11) is -3.95. The minimum absolute atomic E-state index is 0.01000. The van der Waals surface area contributed by atoms with E-state index in [9.17, 15) is 35.9 Å². The Morgan fingerprint density at radius 1 is 1.16 bits per heavy atom. The normalized spacial score (nSPS) is 12.2. The van der Waals surface area contributed by atoms with Gasteiger partial charge >= 0.3 is 18.3 Å². The Morgan fingerprint density at radius 3 is 2.35 bits per heavy atom. The summed E-state index contributed by atoms with van der Waals surface area (Å²) in [6.07, 6.45) is -3.15. The number of carboxylic acids is 1. The summed E-state index contributed by atoms with van der Waals surface area (Å²) in [4.78, 5) is 11.1. The SMILES string of the molecule is CCc1ccc(S(=O)(=O)NCCc2ccc(OCC(F)(F)C(F)F)cc2)cc1C(=O)O. The zero-order valence-electron chi connectivity index (χ0n) is 16.4. The van der Waals surface area contributed by atoms with Gasteiger partial charge in [0.25, 0.3) is 0 Å². The highest BCUT2D eigenvalue weighted by Crippen LogP contribution is 2.24. The van der Waals surface area contributed by atoms with E-state index in [0.717, 1.165) is 6.07 Å². The highest BCUT2D eigenvalue weighted by Gasteiger charge is 2.41. The maximum atomic E-state index is 12.9. The number of carbonyl (C=O) groups is 1. The molecule has 0 unspecified atom stereocenters. The summed E-state index contributed by atoms with van der Waals surface area (Å²) in [6, 6.07) is 9.49. The molecule has 0 aliphatic carbocycles. The van der Waals surface area contributed by atoms with Crippen LogP contribution in [0.5, 0.6) is 5.75 Å². The van der Waals surface area contributed by atoms with Gasteiger partial charge in [-0.2, -0.15) is 8.78 Å². The number of alkyl halides is 4. The average Bonchev–Trinajstić information content (AvgIpc) is 2.72. The second-order valence-corrected chi connectivity index (χ2v) is 8.39. The molecular formula is C20H21F4NO5S. The molecule has 0 radical (unpaired) electrons. The highest BCUT2D eigenvalue weighted by atomic mass is 32.2. The van der Waals surface area contributed by atoms with Crippen LogP contribution in [0, 0.1) is 0 Å². The number of benzene rings is 2. The van der Waals surface area contributed by atoms with Gasteiger partial charge in [0.1, 0.15) is 5.75 Å². The van der Waals surface area contributed by atoms with Crippen LogP contribution in [0.2, 0.25) is 0 Å². The first kappa shape index (κ1) is 24.6. The van der Waals surface area contributed by atoms with Crippen molar-refractivity contribution >= 4 is 16.0 Å². The molecule has 0 saturated carbocycles. The minimum Gasteiger partial charge on any atom is -0.487 e. The Hall–Kier alpha value is -2.66. The Balaban J connectivity index is 1.95. The number of halogens is 4. The fourth-order valence-electron chi connectivity index (χ4n) is 2.64. The van der Waals surface area contributed by atoms with Gasteiger partial charge in [-0.15, -0.1) is 0 Å². The molecule has 6 nitrogen and oxygen atoms in total. The first-order valence-corrected chi connectivity index (χ1v) is 10.7. The zero-order valence-corrected chi connectivity index (χ0v) is 17.3. The molecule has 0 aromatic heterocycles. The van der Waals surface area contributed by atoms with Crippen LogP contribution in [-0.4, -0.2) is 45.0 Å². The van der Waals surface area contributed by atoms with Crippen LogP contribution in [0.15, 0.2) is 47.4 Å². The lowest BCUT2D eigenvalue weighted by Gasteiger charge is -2.16. The molecule has 0 spiro atoms. The number of ether oxygens (including phenoxy) is 1. The molecule has 0 atom stereocenters. The second kappa shape index (κ2) is 10.1. The molecule has 0 bridgehead atoms. The second-order valence-electron chi connectivity index (χ2n) is 6.62. The first-order chi connectivity index (χ1) is 14.5. The smallest absolute Gasteiger partial charge is 0.340 e. The van der Waals surface area contributed by atoms with Crippen LogP contribution in [0.25, 0.3) is 0 Å². The van der Waals surface area contributed by atoms with E-state index in [-0.39, 0.29) is 29.2 Å². The lowest BCUT2D eigenvalue weighted by atomic mass is 10.1. The summed E-state index contributed by atoms with van der Waals surface area (Å²) in [5.41, 5.74) is 1.07. The number of aryl methyl sites for hydroxylation is 1. The maximum Gasteiger partial charge on any atom is 0.340 e. The number of hydrogen-bond acceptors (Lipinski definition) is 4. The predicted octanol–water partition coefficient (Wildman–Crippen LogP) is 3.75. The largest absolute Gasteiger partial charge is 0.487 e. The molecular weight excluding hydrogens is 442 g/mol. The molecule has 0 heterocycles. The predicted molar refractivity (Wildman–Crippen MR) is 105 cm³/mol. The van der Waals surface area contributed by atoms with Gasteiger partial charge in [-0.05, 0) is 48.2 Å². The van der Waals surface area contributed by atoms with Gasteiger partial charge in [0.05, 0.1) is 10.5 Å². The molecule has 170 valence electrons. The van der Waals surface area contributed by atoms with E-state index in [0.29, 0.717) is 17.5 Å². The third kappa shape index (κ3) is 6.66. The minimum atomic E-state index is -4.26. The number of aromatic carboxylic acids is 1. The maximum absolute atomic E-state index is 12.9. The third-order valence-corrected chi connectivity index (χ3v) is 5.84. The summed E-state index contributed by atoms with van der Waals surface area (Å²) in [6.45, 7) is 0.289. The van der Waals surface area contributed by atoms with Gasteiger partial charge in [0.2, 0.25) is 10.0 Å². The van der Waals surface area contributed by atoms with Crippen LogP contribution in [0.4, 0.5) is 17.6 Å². The Bertz CT molecular complexity index is 1010. The van der Waals surface area contributed by atoms with Gasteiger partial charge in [-0.25, -0.2) is 26.7 Å². The fourth-order valence-corrected chi connectivity index (χ4v) is 3.70. The molecule has 11 heteroatoms. The number of hydrogen-bond donors (Lipinski definition) is 2. The van der Waals surface area contributed by atoms with E-state index in [1.165, 1.54) is 36.4 Å². The van der Waals surface area contributed by atoms with Crippen molar-refractivity contribution in [1.82, 2.24) is 4.72 Å². The van der Waals surface area contributed by atoms with Crippen molar-refractivity contribution in [1.29, 1.82) is 0 Å². The molecule has 0 aliphatic rings. The lowest BCUT2D eigenvalue weighted by Crippen LogP contribution is -2.33. The topological polar surface area (TPSA) is 92.7 Å². The number of nitrogens with one attached hydrogen (secondary N) is 1. The van der Waals surface area contributed by atoms with Crippen LogP contribution >= 0.6 is 0 Å². The van der Waals surface area contributed by atoms with Crippen LogP contribution in [0.3, 0.4) is 0 Å². The van der Waals surface area contributed by atoms with Crippen molar-refractivity contribution in [3.63, 3.8) is 0 Å². The fraction of sp³-hybridized carbons (Fsp3) is 0.350. The van der Waals surface area contributed by atoms with Gasteiger partial charge in [-0.1, -0.05) is 25.1 Å². The Morgan fingerprint density at radius 2 is 1.81 bits per heavy atom. The van der Waals surface area contributed by atoms with E-state index in [1.54, 1.807) is 6.92 Å². The van der Waals surface area contributed by atoms with Gasteiger partial charge < -0.3 is 9.84 Å². The van der Waals surface area contributed by atoms with E-state index >= 15 is 0 Å². The molecule has 2 rings (SSSR count). The molecule has 0 aliphatic heterocycles. The quantitative estimate of drug-likeness (QED) is 0.496. The number of sulfonamides is 1. The molecule has 2 N–H and O–H groups in total. The molecule has 2 aromatic rings. The van der Waals surface area contributed by atoms with Gasteiger partial charge in [-0.3, -0.25) is 0 Å². The van der Waals surface area contributed by atoms with Crippen LogP contribution in [0.1, 0.15) is 28.4 Å². The summed E-state index contributed by atoms with van der Waals surface area (Å²) in [5, 5.41) is 9.24. The van der Waals surface area contributed by atoms with Crippen molar-refractivity contribution in [2.45, 2.75) is 37.0 Å². The summed E-state index contributed by atoms with van der Waals surface area (Å²) in [5.74, 6) is -5.50. The molecule has 0 fully saturated rings. The average molecular weight is 463 g/mol. The van der Waals surface area contributed by atoms with E-state index in [4.69, 9.17) is 0 Å². The van der Waals surface area contributed by atoms with Crippen molar-refractivity contribution in [3.05, 3.63) is 59.2 Å². The van der Waals surface area contributed by atoms with E-state index in [2.05, 4.69) is 9.46 Å². The number of carboxylic acid groups (broad SMARTS) is 1. The molecule has 0 amide bonds. The van der Waals surface area contributed by atoms with Gasteiger partial charge in [0, 0.05) is 6.54 Å². The van der Waals surface area contributed by atoms with Crippen molar-refractivity contribution in [2.75, 3.05) is 13.2 Å². The molecule has 2 aromatic carbocycles. The van der Waals surface area contributed by atoms with Crippen molar-refractivity contribution < 1.29 is 40.6 Å². The standard InChI is InChI=1S/C20H21F4NO5S/c1-2-14-5-8-16(11-17(14)18(26)27)31(28,29)25-10-9-13-3-6-15(7-4-13)30-12-20(23,24)19(21)22/h3-8,11,19,25H,2,9-10,12H2,1H3,(H,26,27). The van der Waals surface area contributed by atoms with Crippen LogP contribution < -0.4 is 9.46 Å². The van der Waals surface area contributed by atoms with Gasteiger partial charge in [0.15, 0.2) is 6.61 Å². The Kier molecular flexibility index (Phi) is 8.02. The molecule has 31 heavy (non-hydrogen) atoms. The van der Waals surface area contributed by atoms with E-state index in [1.807, 2.05) is 0 Å². The third-order valence-electron chi connectivity index (χ3n) is 4.38. The lowest BCUT2D eigenvalue weighted by molar-refractivity contribution is -0.148. The monoisotopic (exact) mass is 463 g/mol.